The second kappa shape index (κ2) is 12.5. The van der Waals surface area contributed by atoms with Crippen LogP contribution in [0.3, 0.4) is 0 Å². The van der Waals surface area contributed by atoms with Crippen LogP contribution in [0.4, 0.5) is 5.82 Å². The molecule has 4 fully saturated rings. The molecule has 20 heteroatoms. The lowest BCUT2D eigenvalue weighted by atomic mass is 10.1. The van der Waals surface area contributed by atoms with Crippen molar-refractivity contribution in [2.75, 3.05) is 18.9 Å². The zero-order valence-corrected chi connectivity index (χ0v) is 29.0. The maximum atomic E-state index is 12.9. The highest BCUT2D eigenvalue weighted by Crippen LogP contribution is 2.63. The van der Waals surface area contributed by atoms with Crippen molar-refractivity contribution in [1.82, 2.24) is 14.5 Å². The predicted octanol–water partition coefficient (Wildman–Crippen LogP) is -0.586. The molecule has 0 amide bonds. The molecule has 3 saturated heterocycles. The number of nitrogen functional groups attached to an aromatic ring is 1. The lowest BCUT2D eigenvalue weighted by molar-refractivity contribution is -0.717. The molecule has 1 aliphatic carbocycles. The van der Waals surface area contributed by atoms with Gasteiger partial charge in [-0.1, -0.05) is 23.2 Å². The van der Waals surface area contributed by atoms with Crippen molar-refractivity contribution < 1.29 is 61.8 Å². The topological polar surface area (TPSA) is 238 Å². The molecule has 1 unspecified atom stereocenters. The van der Waals surface area contributed by atoms with E-state index >= 15 is 0 Å². The molecular weight excluding hydrogens is 692 g/mol. The summed E-state index contributed by atoms with van der Waals surface area (Å²) in [7, 11) is -9.29. The first-order valence-electron chi connectivity index (χ1n) is 15.3. The number of aromatic nitrogens is 4. The van der Waals surface area contributed by atoms with Crippen molar-refractivity contribution in [3.63, 3.8) is 0 Å². The fourth-order valence-corrected chi connectivity index (χ4v) is 9.73. The maximum Gasteiger partial charge on any atom is 0.300 e. The van der Waals surface area contributed by atoms with Crippen molar-refractivity contribution in [2.24, 2.45) is 5.92 Å². The molecule has 5 heterocycles. The molecule has 0 radical (unpaired) electrons. The molecule has 1 saturated carbocycles. The number of ether oxygens (including phenoxy) is 5. The number of hydrogen-bond donors (Lipinski definition) is 2. The molecule has 9 atom stereocenters. The summed E-state index contributed by atoms with van der Waals surface area (Å²) >= 11 is 0.733. The van der Waals surface area contributed by atoms with Crippen molar-refractivity contribution in [3.05, 3.63) is 43.0 Å². The predicted molar refractivity (Wildman–Crippen MR) is 161 cm³/mol. The molecule has 3 aliphatic heterocycles. The maximum absolute atomic E-state index is 12.9. The highest BCUT2D eigenvalue weighted by molar-refractivity contribution is 8.56. The number of phosphoric ester groups is 1. The van der Waals surface area contributed by atoms with Crippen LogP contribution in [-0.2, 0) is 32.7 Å². The highest BCUT2D eigenvalue weighted by Gasteiger charge is 2.58. The fraction of sp³-hybridized carbons (Fsp3) is 0.607. The van der Waals surface area contributed by atoms with Crippen LogP contribution in [0.2, 0.25) is 0 Å². The number of nitrogens with two attached hydrogens (primary N) is 1. The van der Waals surface area contributed by atoms with Crippen molar-refractivity contribution >= 4 is 43.7 Å². The van der Waals surface area contributed by atoms with E-state index in [0.717, 1.165) is 11.4 Å². The van der Waals surface area contributed by atoms with E-state index in [0.29, 0.717) is 22.5 Å². The molecule has 1 aromatic carbocycles. The Morgan fingerprint density at radius 2 is 1.62 bits per heavy atom. The number of imidazole rings is 1. The summed E-state index contributed by atoms with van der Waals surface area (Å²) in [6.07, 6.45) is -0.525. The molecule has 7 rings (SSSR count). The van der Waals surface area contributed by atoms with Gasteiger partial charge < -0.3 is 49.0 Å². The van der Waals surface area contributed by atoms with Crippen molar-refractivity contribution in [3.8, 4) is 0 Å². The van der Waals surface area contributed by atoms with E-state index in [9.17, 15) is 24.5 Å². The average molecular weight is 729 g/mol. The number of anilines is 1. The van der Waals surface area contributed by atoms with Crippen LogP contribution in [0.5, 0.6) is 0 Å². The van der Waals surface area contributed by atoms with Crippen molar-refractivity contribution in [2.45, 2.75) is 93.4 Å². The van der Waals surface area contributed by atoms with Crippen LogP contribution < -0.4 is 29.9 Å². The Bertz CT molecular complexity index is 1650. The number of benzene rings is 1. The van der Waals surface area contributed by atoms with Crippen LogP contribution in [-0.4, -0.2) is 74.7 Å². The molecule has 0 spiro atoms. The van der Waals surface area contributed by atoms with Gasteiger partial charge in [0.25, 0.3) is 13.0 Å². The van der Waals surface area contributed by atoms with E-state index in [2.05, 4.69) is 14.5 Å². The molecule has 262 valence electrons. The van der Waals surface area contributed by atoms with Gasteiger partial charge in [0.2, 0.25) is 12.0 Å². The van der Waals surface area contributed by atoms with E-state index in [1.165, 1.54) is 12.7 Å². The van der Waals surface area contributed by atoms with Gasteiger partial charge in [0.15, 0.2) is 23.3 Å². The molecule has 17 nitrogen and oxygen atoms in total. The largest absolute Gasteiger partial charge is 0.663 e. The standard InChI is InChI=1S/C28H37N5O12P2S/c1-27(2)42-20-15(11-39-46(34,35)36)10-17(21(20)43-27)32-14-31-25-19(24(32)29)30-13-33(25)26-23-22(44-28(3,4)45-23)18(41-26)12-40-47(37,38)48-16-8-6-5-7-9-16/h5-9,13-15,17-18,20-23,26,29H,10-12H2,1-4H3,(H3,34,35,36,37,38)/p-1/t15-,17-,18-,20-,21+,22-,23-,26-/m1/s1. The Hall–Kier alpha value is -1.70. The Labute approximate surface area is 280 Å². The number of rotatable bonds is 10. The van der Waals surface area contributed by atoms with Gasteiger partial charge in [-0.3, -0.25) is 9.09 Å². The third kappa shape index (κ3) is 6.95. The lowest BCUT2D eigenvalue weighted by Gasteiger charge is -2.39. The number of phosphoric acid groups is 1. The van der Waals surface area contributed by atoms with Gasteiger partial charge in [-0.15, -0.1) is 0 Å². The summed E-state index contributed by atoms with van der Waals surface area (Å²) in [6.45, 7) is 6.43. The molecular formula is C28H36N5O12P2S-. The van der Waals surface area contributed by atoms with Crippen LogP contribution in [0.1, 0.15) is 46.4 Å². The Balaban J connectivity index is 1.12. The zero-order chi connectivity index (χ0) is 34.2. The Morgan fingerprint density at radius 3 is 2.33 bits per heavy atom. The Morgan fingerprint density at radius 1 is 0.958 bits per heavy atom. The average Bonchev–Trinajstić information content (AvgIpc) is 3.77. The summed E-state index contributed by atoms with van der Waals surface area (Å²) in [4.78, 5) is 66.9. The minimum Gasteiger partial charge on any atom is -0.663 e. The molecule has 4 aliphatic rings. The third-order valence-electron chi connectivity index (χ3n) is 8.71. The highest BCUT2D eigenvalue weighted by atomic mass is 32.7. The molecule has 48 heavy (non-hydrogen) atoms. The third-order valence-corrected chi connectivity index (χ3v) is 12.0. The first kappa shape index (κ1) is 34.7. The minimum absolute atomic E-state index is 0.241. The molecule has 3 N–H and O–H groups in total. The van der Waals surface area contributed by atoms with E-state index < -0.39 is 75.6 Å². The van der Waals surface area contributed by atoms with Gasteiger partial charge in [-0.2, -0.15) is 4.52 Å². The van der Waals surface area contributed by atoms with Gasteiger partial charge in [-0.05, 0) is 54.4 Å². The zero-order valence-electron chi connectivity index (χ0n) is 26.4. The summed E-state index contributed by atoms with van der Waals surface area (Å²) in [5, 5.41) is 0. The Kier molecular flexibility index (Phi) is 9.05. The van der Waals surface area contributed by atoms with Crippen LogP contribution in [0.15, 0.2) is 47.9 Å². The molecule has 2 aromatic heterocycles. The van der Waals surface area contributed by atoms with E-state index in [1.807, 2.05) is 6.07 Å². The second-order valence-corrected chi connectivity index (χ2v) is 18.0. The van der Waals surface area contributed by atoms with E-state index in [4.69, 9.17) is 33.9 Å². The van der Waals surface area contributed by atoms with Crippen LogP contribution >= 0.6 is 26.7 Å². The smallest absolute Gasteiger partial charge is 0.300 e. The van der Waals surface area contributed by atoms with Gasteiger partial charge in [-0.25, -0.2) is 14.4 Å². The molecule has 3 aromatic rings. The number of nitrogens with zero attached hydrogens (tertiary/aromatic N) is 4. The molecule has 0 bridgehead atoms. The van der Waals surface area contributed by atoms with Gasteiger partial charge in [0.05, 0.1) is 17.6 Å². The number of hydrogen-bond acceptors (Lipinski definition) is 16. The summed E-state index contributed by atoms with van der Waals surface area (Å²) in [5.74, 6) is -2.14. The first-order valence-corrected chi connectivity index (χ1v) is 19.7. The lowest BCUT2D eigenvalue weighted by Crippen LogP contribution is -2.48. The van der Waals surface area contributed by atoms with Gasteiger partial charge >= 0.3 is 0 Å². The summed E-state index contributed by atoms with van der Waals surface area (Å²) < 4.78 is 44.4. The quantitative estimate of drug-likeness (QED) is 0.196. The van der Waals surface area contributed by atoms with Gasteiger partial charge in [0.1, 0.15) is 54.8 Å². The SMILES string of the molecule is CC1(C)O[C@@H]2[C@@H](CO[P+]([O-])([O-])[O-])C[C@@H]([n+]3cnc4c(ncn4[C@@H]4O[C@H](CO[P+]([O-])(O)Sc5ccccc5)[C@H]5OC(C)(C)O[C@H]54)c3N)[C@@H]2O1. The van der Waals surface area contributed by atoms with E-state index in [1.54, 1.807) is 61.1 Å². The summed E-state index contributed by atoms with van der Waals surface area (Å²) in [6, 6.07) is 8.33. The van der Waals surface area contributed by atoms with Crippen LogP contribution in [0.25, 0.3) is 11.2 Å². The second-order valence-electron chi connectivity index (χ2n) is 13.0. The minimum atomic E-state index is -5.20. The van der Waals surface area contributed by atoms with Crippen LogP contribution in [0, 0.1) is 5.92 Å². The first-order chi connectivity index (χ1) is 22.5. The normalized spacial score (nSPS) is 33.6. The monoisotopic (exact) mass is 728 g/mol. The number of fused-ring (bicyclic) bond motifs is 3. The van der Waals surface area contributed by atoms with Crippen molar-refractivity contribution in [1.29, 1.82) is 0 Å². The van der Waals surface area contributed by atoms with Gasteiger partial charge in [0, 0.05) is 5.92 Å². The summed E-state index contributed by atoms with van der Waals surface area (Å²) in [5.41, 5.74) is 7.42. The fourth-order valence-electron chi connectivity index (χ4n) is 6.92. The van der Waals surface area contributed by atoms with E-state index in [-0.39, 0.29) is 19.0 Å².